The Morgan fingerprint density at radius 3 is 1.83 bits per heavy atom. The summed E-state index contributed by atoms with van der Waals surface area (Å²) in [6.07, 6.45) is 0. The molecule has 0 heterocycles. The first kappa shape index (κ1) is 9.75. The molecule has 1 aromatic rings. The van der Waals surface area contributed by atoms with Crippen molar-refractivity contribution in [3.8, 4) is 12.1 Å². The maximum Gasteiger partial charge on any atom is 0.101 e. The van der Waals surface area contributed by atoms with Crippen LogP contribution < -0.4 is 0 Å². The van der Waals surface area contributed by atoms with Gasteiger partial charge in [0.25, 0.3) is 0 Å². The summed E-state index contributed by atoms with van der Waals surface area (Å²) >= 11 is 4.11. The van der Waals surface area contributed by atoms with Gasteiger partial charge in [-0.2, -0.15) is 10.5 Å². The fourth-order valence-electron chi connectivity index (χ4n) is 0.744. The van der Waals surface area contributed by atoms with E-state index in [9.17, 15) is 0 Å². The molecule has 0 fully saturated rings. The molecule has 0 saturated carbocycles. The Bertz CT molecular complexity index is 375. The van der Waals surface area contributed by atoms with Crippen molar-refractivity contribution >= 4 is 45.2 Å². The topological polar surface area (TPSA) is 47.6 Å². The zero-order valence-corrected chi connectivity index (χ0v) is 10.1. The van der Waals surface area contributed by atoms with Crippen molar-refractivity contribution in [1.29, 1.82) is 10.5 Å². The van der Waals surface area contributed by atoms with E-state index in [-0.39, 0.29) is 0 Å². The minimum Gasteiger partial charge on any atom is -0.192 e. The van der Waals surface area contributed by atoms with Crippen molar-refractivity contribution < 1.29 is 0 Å². The molecule has 0 amide bonds. The lowest BCUT2D eigenvalue weighted by Crippen LogP contribution is -1.88. The van der Waals surface area contributed by atoms with Gasteiger partial charge in [0.2, 0.25) is 0 Å². The normalized spacial score (nSPS) is 8.67. The lowest BCUT2D eigenvalue weighted by atomic mass is 10.2. The summed E-state index contributed by atoms with van der Waals surface area (Å²) in [5.74, 6) is 0. The highest BCUT2D eigenvalue weighted by atomic mass is 127. The van der Waals surface area contributed by atoms with Gasteiger partial charge in [0.05, 0.1) is 17.2 Å². The molecule has 4 heteroatoms. The number of hydrogen-bond acceptors (Lipinski definition) is 2. The maximum atomic E-state index is 8.72. The lowest BCUT2D eigenvalue weighted by molar-refractivity contribution is 1.41. The minimum absolute atomic E-state index is 0.600. The SMILES string of the molecule is N#Cc1cc(I)c(C#N)c(I)c1. The van der Waals surface area contributed by atoms with Crippen LogP contribution in [0.1, 0.15) is 11.1 Å². The van der Waals surface area contributed by atoms with Gasteiger partial charge in [-0.1, -0.05) is 0 Å². The molecule has 2 nitrogen and oxygen atoms in total. The van der Waals surface area contributed by atoms with E-state index in [1.165, 1.54) is 0 Å². The first-order valence-electron chi connectivity index (χ1n) is 2.98. The molecule has 1 rings (SSSR count). The van der Waals surface area contributed by atoms with Crippen LogP contribution in [0.3, 0.4) is 0 Å². The summed E-state index contributed by atoms with van der Waals surface area (Å²) in [6.45, 7) is 0. The van der Waals surface area contributed by atoms with Crippen molar-refractivity contribution in [3.63, 3.8) is 0 Å². The molecule has 0 bridgehead atoms. The van der Waals surface area contributed by atoms with Crippen LogP contribution in [-0.2, 0) is 0 Å². The van der Waals surface area contributed by atoms with Crippen molar-refractivity contribution in [3.05, 3.63) is 30.4 Å². The van der Waals surface area contributed by atoms with E-state index in [0.717, 1.165) is 7.14 Å². The number of halogens is 2. The van der Waals surface area contributed by atoms with E-state index in [1.807, 2.05) is 6.07 Å². The van der Waals surface area contributed by atoms with Crippen molar-refractivity contribution in [2.24, 2.45) is 0 Å². The van der Waals surface area contributed by atoms with E-state index < -0.39 is 0 Å². The van der Waals surface area contributed by atoms with Gasteiger partial charge in [-0.05, 0) is 57.3 Å². The van der Waals surface area contributed by atoms with Crippen LogP contribution in [0.5, 0.6) is 0 Å². The number of hydrogen-bond donors (Lipinski definition) is 0. The predicted octanol–water partition coefficient (Wildman–Crippen LogP) is 2.64. The Morgan fingerprint density at radius 2 is 1.50 bits per heavy atom. The number of rotatable bonds is 0. The molecule has 0 aliphatic rings. The number of benzene rings is 1. The molecule has 0 aromatic heterocycles. The van der Waals surface area contributed by atoms with E-state index in [4.69, 9.17) is 10.5 Å². The summed E-state index contributed by atoms with van der Waals surface area (Å²) in [6, 6.07) is 7.55. The zero-order valence-electron chi connectivity index (χ0n) is 5.81. The van der Waals surface area contributed by atoms with Crippen LogP contribution in [0.2, 0.25) is 0 Å². The first-order chi connectivity index (χ1) is 5.69. The van der Waals surface area contributed by atoms with Crippen LogP contribution in [0.25, 0.3) is 0 Å². The molecule has 58 valence electrons. The van der Waals surface area contributed by atoms with Gasteiger partial charge in [-0.15, -0.1) is 0 Å². The molecule has 0 atom stereocenters. The quantitative estimate of drug-likeness (QED) is 0.650. The van der Waals surface area contributed by atoms with Gasteiger partial charge in [0, 0.05) is 7.14 Å². The molecule has 12 heavy (non-hydrogen) atoms. The third-order valence-corrected chi connectivity index (χ3v) is 2.98. The van der Waals surface area contributed by atoms with Crippen LogP contribution in [0.15, 0.2) is 12.1 Å². The highest BCUT2D eigenvalue weighted by Gasteiger charge is 2.05. The van der Waals surface area contributed by atoms with Crippen molar-refractivity contribution in [1.82, 2.24) is 0 Å². The molecule has 0 aliphatic carbocycles. The van der Waals surface area contributed by atoms with Gasteiger partial charge in [0.1, 0.15) is 6.07 Å². The fraction of sp³-hybridized carbons (Fsp3) is 0. The minimum atomic E-state index is 0.600. The van der Waals surface area contributed by atoms with Crippen LogP contribution in [0, 0.1) is 29.8 Å². The maximum absolute atomic E-state index is 8.72. The van der Waals surface area contributed by atoms with Gasteiger partial charge in [-0.3, -0.25) is 0 Å². The van der Waals surface area contributed by atoms with E-state index in [2.05, 4.69) is 51.3 Å². The Hall–Kier alpha value is -0.340. The highest BCUT2D eigenvalue weighted by Crippen LogP contribution is 2.20. The summed E-state index contributed by atoms with van der Waals surface area (Å²) in [5.41, 5.74) is 1.25. The van der Waals surface area contributed by atoms with E-state index in [1.54, 1.807) is 12.1 Å². The second kappa shape index (κ2) is 4.06. The Kier molecular flexibility index (Phi) is 3.29. The zero-order chi connectivity index (χ0) is 9.14. The van der Waals surface area contributed by atoms with Gasteiger partial charge in [-0.25, -0.2) is 0 Å². The summed E-state index contributed by atoms with van der Waals surface area (Å²) < 4.78 is 1.66. The average Bonchev–Trinajstić information content (AvgIpc) is 2.03. The van der Waals surface area contributed by atoms with Crippen LogP contribution in [-0.4, -0.2) is 0 Å². The second-order valence-corrected chi connectivity index (χ2v) is 4.36. The third-order valence-electron chi connectivity index (χ3n) is 1.28. The molecule has 0 N–H and O–H groups in total. The van der Waals surface area contributed by atoms with Crippen molar-refractivity contribution in [2.75, 3.05) is 0 Å². The number of nitrogens with zero attached hydrogens (tertiary/aromatic N) is 2. The van der Waals surface area contributed by atoms with Gasteiger partial charge < -0.3 is 0 Å². The van der Waals surface area contributed by atoms with E-state index in [0.29, 0.717) is 11.1 Å². The molecule has 0 saturated heterocycles. The number of nitriles is 2. The Labute approximate surface area is 97.5 Å². The summed E-state index contributed by atoms with van der Waals surface area (Å²) in [7, 11) is 0. The Balaban J connectivity index is 3.43. The first-order valence-corrected chi connectivity index (χ1v) is 5.14. The van der Waals surface area contributed by atoms with Gasteiger partial charge in [0.15, 0.2) is 0 Å². The molecule has 0 aliphatic heterocycles. The van der Waals surface area contributed by atoms with Gasteiger partial charge >= 0.3 is 0 Å². The predicted molar refractivity (Wildman–Crippen MR) is 61.3 cm³/mol. The molecular formula is C8H2I2N2. The average molecular weight is 380 g/mol. The molecule has 0 spiro atoms. The molecule has 0 unspecified atom stereocenters. The fourth-order valence-corrected chi connectivity index (χ4v) is 2.75. The lowest BCUT2D eigenvalue weighted by Gasteiger charge is -1.98. The summed E-state index contributed by atoms with van der Waals surface area (Å²) in [5, 5.41) is 17.3. The largest absolute Gasteiger partial charge is 0.192 e. The third kappa shape index (κ3) is 1.87. The summed E-state index contributed by atoms with van der Waals surface area (Å²) in [4.78, 5) is 0. The second-order valence-electron chi connectivity index (χ2n) is 2.04. The van der Waals surface area contributed by atoms with Crippen molar-refractivity contribution in [2.45, 2.75) is 0 Å². The van der Waals surface area contributed by atoms with Crippen LogP contribution in [0.4, 0.5) is 0 Å². The molecule has 0 radical (unpaired) electrons. The monoisotopic (exact) mass is 380 g/mol. The smallest absolute Gasteiger partial charge is 0.101 e. The van der Waals surface area contributed by atoms with E-state index >= 15 is 0 Å². The molecular weight excluding hydrogens is 378 g/mol. The highest BCUT2D eigenvalue weighted by molar-refractivity contribution is 14.1. The molecule has 1 aromatic carbocycles. The Morgan fingerprint density at radius 1 is 1.00 bits per heavy atom. The van der Waals surface area contributed by atoms with Crippen LogP contribution >= 0.6 is 45.2 Å². The standard InChI is InChI=1S/C8H2I2N2/c9-7-1-5(3-11)2-8(10)6(7)4-12/h1-2H.